The van der Waals surface area contributed by atoms with Gasteiger partial charge in [-0.1, -0.05) is 34.1 Å². The van der Waals surface area contributed by atoms with Crippen molar-refractivity contribution in [1.82, 2.24) is 5.32 Å². The van der Waals surface area contributed by atoms with Crippen LogP contribution in [0.3, 0.4) is 0 Å². The number of thiophene rings is 1. The summed E-state index contributed by atoms with van der Waals surface area (Å²) in [5.41, 5.74) is 0.285. The Bertz CT molecular complexity index is 470. The maximum atomic E-state index is 3.89. The SMILES string of the molecule is CCCNC(c1ccc(C(C)(C)C)s1)C1CC2CCC1C2. The number of rotatable bonds is 5. The van der Waals surface area contributed by atoms with Crippen LogP contribution in [0.15, 0.2) is 12.1 Å². The van der Waals surface area contributed by atoms with Gasteiger partial charge in [-0.15, -0.1) is 11.3 Å². The average Bonchev–Trinajstić information content (AvgIpc) is 3.14. The van der Waals surface area contributed by atoms with Gasteiger partial charge in [-0.05, 0) is 67.5 Å². The number of nitrogens with one attached hydrogen (secondary N) is 1. The van der Waals surface area contributed by atoms with Gasteiger partial charge in [0.2, 0.25) is 0 Å². The molecule has 1 heterocycles. The lowest BCUT2D eigenvalue weighted by molar-refractivity contribution is 0.253. The molecule has 0 saturated heterocycles. The van der Waals surface area contributed by atoms with Crippen molar-refractivity contribution in [2.75, 3.05) is 6.54 Å². The number of hydrogen-bond acceptors (Lipinski definition) is 2. The van der Waals surface area contributed by atoms with E-state index in [1.54, 1.807) is 4.88 Å². The van der Waals surface area contributed by atoms with Crippen LogP contribution in [-0.2, 0) is 5.41 Å². The maximum Gasteiger partial charge on any atom is 0.0446 e. The second-order valence-electron chi connectivity index (χ2n) is 8.22. The largest absolute Gasteiger partial charge is 0.309 e. The molecule has 0 radical (unpaired) electrons. The van der Waals surface area contributed by atoms with Crippen LogP contribution >= 0.6 is 11.3 Å². The van der Waals surface area contributed by atoms with Crippen LogP contribution in [0.5, 0.6) is 0 Å². The monoisotopic (exact) mass is 305 g/mol. The van der Waals surface area contributed by atoms with Crippen LogP contribution in [0.1, 0.15) is 75.6 Å². The molecule has 1 nitrogen and oxygen atoms in total. The molecule has 1 aromatic heterocycles. The molecular weight excluding hydrogens is 274 g/mol. The summed E-state index contributed by atoms with van der Waals surface area (Å²) in [7, 11) is 0. The minimum atomic E-state index is 0.285. The Kier molecular flexibility index (Phi) is 4.47. The molecule has 4 unspecified atom stereocenters. The third kappa shape index (κ3) is 3.22. The van der Waals surface area contributed by atoms with Crippen molar-refractivity contribution >= 4 is 11.3 Å². The van der Waals surface area contributed by atoms with Gasteiger partial charge in [0, 0.05) is 15.8 Å². The van der Waals surface area contributed by atoms with Crippen molar-refractivity contribution in [3.63, 3.8) is 0 Å². The van der Waals surface area contributed by atoms with Gasteiger partial charge in [0.15, 0.2) is 0 Å². The summed E-state index contributed by atoms with van der Waals surface area (Å²) in [5.74, 6) is 2.92. The molecule has 2 heteroatoms. The molecule has 3 rings (SSSR count). The van der Waals surface area contributed by atoms with Gasteiger partial charge in [0.05, 0.1) is 0 Å². The highest BCUT2D eigenvalue weighted by Gasteiger charge is 2.43. The fraction of sp³-hybridized carbons (Fsp3) is 0.789. The summed E-state index contributed by atoms with van der Waals surface area (Å²) >= 11 is 2.05. The molecule has 0 spiro atoms. The van der Waals surface area contributed by atoms with Gasteiger partial charge >= 0.3 is 0 Å². The topological polar surface area (TPSA) is 12.0 Å². The third-order valence-corrected chi connectivity index (χ3v) is 7.10. The van der Waals surface area contributed by atoms with Gasteiger partial charge < -0.3 is 5.32 Å². The molecular formula is C19H31NS. The van der Waals surface area contributed by atoms with E-state index in [-0.39, 0.29) is 5.41 Å². The molecule has 21 heavy (non-hydrogen) atoms. The molecule has 2 bridgehead atoms. The van der Waals surface area contributed by atoms with E-state index in [2.05, 4.69) is 56.5 Å². The Balaban J connectivity index is 1.80. The third-order valence-electron chi connectivity index (χ3n) is 5.51. The van der Waals surface area contributed by atoms with Crippen molar-refractivity contribution < 1.29 is 0 Å². The lowest BCUT2D eigenvalue weighted by Crippen LogP contribution is -2.31. The second-order valence-corrected chi connectivity index (χ2v) is 9.34. The van der Waals surface area contributed by atoms with Crippen LogP contribution in [0, 0.1) is 17.8 Å². The van der Waals surface area contributed by atoms with E-state index in [4.69, 9.17) is 0 Å². The van der Waals surface area contributed by atoms with Crippen molar-refractivity contribution in [3.8, 4) is 0 Å². The first-order valence-corrected chi connectivity index (χ1v) is 9.64. The van der Waals surface area contributed by atoms with Crippen LogP contribution < -0.4 is 5.32 Å². The summed E-state index contributed by atoms with van der Waals surface area (Å²) in [6.45, 7) is 10.4. The van der Waals surface area contributed by atoms with Crippen LogP contribution in [0.25, 0.3) is 0 Å². The van der Waals surface area contributed by atoms with E-state index in [1.165, 1.54) is 37.0 Å². The smallest absolute Gasteiger partial charge is 0.0446 e. The summed E-state index contributed by atoms with van der Waals surface area (Å²) in [6.07, 6.45) is 7.19. The fourth-order valence-corrected chi connectivity index (χ4v) is 5.61. The van der Waals surface area contributed by atoms with Gasteiger partial charge in [-0.3, -0.25) is 0 Å². The molecule has 2 aliphatic carbocycles. The number of fused-ring (bicyclic) bond motifs is 2. The normalized spacial score (nSPS) is 30.0. The van der Waals surface area contributed by atoms with E-state index in [0.29, 0.717) is 6.04 Å². The molecule has 4 atom stereocenters. The first-order valence-electron chi connectivity index (χ1n) is 8.82. The predicted octanol–water partition coefficient (Wildman–Crippen LogP) is 5.52. The molecule has 1 N–H and O–H groups in total. The standard InChI is InChI=1S/C19H31NS/c1-5-10-20-18(15-12-13-6-7-14(15)11-13)16-8-9-17(21-16)19(2,3)4/h8-9,13-15,18,20H,5-7,10-12H2,1-4H3. The lowest BCUT2D eigenvalue weighted by Gasteiger charge is -2.31. The van der Waals surface area contributed by atoms with Crippen LogP contribution in [0.2, 0.25) is 0 Å². The van der Waals surface area contributed by atoms with E-state index in [0.717, 1.165) is 24.3 Å². The highest BCUT2D eigenvalue weighted by atomic mass is 32.1. The predicted molar refractivity (Wildman–Crippen MR) is 93.0 cm³/mol. The van der Waals surface area contributed by atoms with Crippen molar-refractivity contribution in [2.45, 2.75) is 71.3 Å². The van der Waals surface area contributed by atoms with E-state index < -0.39 is 0 Å². The summed E-state index contributed by atoms with van der Waals surface area (Å²) in [4.78, 5) is 3.12. The summed E-state index contributed by atoms with van der Waals surface area (Å²) < 4.78 is 0. The van der Waals surface area contributed by atoms with Gasteiger partial charge in [-0.2, -0.15) is 0 Å². The quantitative estimate of drug-likeness (QED) is 0.755. The van der Waals surface area contributed by atoms with Crippen LogP contribution in [0.4, 0.5) is 0 Å². The minimum absolute atomic E-state index is 0.285. The Morgan fingerprint density at radius 3 is 2.57 bits per heavy atom. The molecule has 2 fully saturated rings. The molecule has 1 aromatic rings. The molecule has 0 aromatic carbocycles. The summed E-state index contributed by atoms with van der Waals surface area (Å²) in [5, 5.41) is 3.89. The van der Waals surface area contributed by atoms with Gasteiger partial charge in [0.1, 0.15) is 0 Å². The minimum Gasteiger partial charge on any atom is -0.309 e. The Morgan fingerprint density at radius 1 is 1.24 bits per heavy atom. The molecule has 2 saturated carbocycles. The van der Waals surface area contributed by atoms with Gasteiger partial charge in [0.25, 0.3) is 0 Å². The zero-order valence-electron chi connectivity index (χ0n) is 14.1. The average molecular weight is 306 g/mol. The van der Waals surface area contributed by atoms with Crippen LogP contribution in [-0.4, -0.2) is 6.54 Å². The molecule has 2 aliphatic rings. The van der Waals surface area contributed by atoms with Crippen molar-refractivity contribution in [2.24, 2.45) is 17.8 Å². The van der Waals surface area contributed by atoms with E-state index in [9.17, 15) is 0 Å². The lowest BCUT2D eigenvalue weighted by atomic mass is 9.82. The Labute approximate surface area is 134 Å². The maximum absolute atomic E-state index is 3.89. The molecule has 118 valence electrons. The fourth-order valence-electron chi connectivity index (χ4n) is 4.39. The zero-order valence-corrected chi connectivity index (χ0v) is 14.9. The zero-order chi connectivity index (χ0) is 15.0. The first kappa shape index (κ1) is 15.6. The highest BCUT2D eigenvalue weighted by molar-refractivity contribution is 7.12. The molecule has 0 amide bonds. The Hall–Kier alpha value is -0.340. The summed E-state index contributed by atoms with van der Waals surface area (Å²) in [6, 6.07) is 5.39. The van der Waals surface area contributed by atoms with E-state index in [1.807, 2.05) is 0 Å². The Morgan fingerprint density at radius 2 is 2.05 bits per heavy atom. The second kappa shape index (κ2) is 6.04. The first-order chi connectivity index (χ1) is 9.99. The van der Waals surface area contributed by atoms with Gasteiger partial charge in [-0.25, -0.2) is 0 Å². The number of hydrogen-bond donors (Lipinski definition) is 1. The molecule has 0 aliphatic heterocycles. The van der Waals surface area contributed by atoms with Crippen molar-refractivity contribution in [1.29, 1.82) is 0 Å². The van der Waals surface area contributed by atoms with Crippen molar-refractivity contribution in [3.05, 3.63) is 21.9 Å². The highest BCUT2D eigenvalue weighted by Crippen LogP contribution is 2.53. The van der Waals surface area contributed by atoms with E-state index >= 15 is 0 Å².